The van der Waals surface area contributed by atoms with Gasteiger partial charge in [-0.25, -0.2) is 0 Å². The molecule has 0 bridgehead atoms. The Balaban J connectivity index is 2.68. The highest BCUT2D eigenvalue weighted by atomic mass is 16.7. The average Bonchev–Trinajstić information content (AvgIpc) is 3.42. The standard InChI is InChI=1S/C65H119NO10/c1-4-7-10-13-16-19-22-25-27-28-29-30-31-32-34-37-40-43-46-49-52-58(69)64(73)66-56(57(68)51-48-45-42-39-36-33-24-21-18-15-12-9-6-3)55-74-65-63(62(72)61(71)59(54-67)75-65)76-60(70)53-50-47-44-41-38-35-26-23-20-17-14-11-8-5-2/h16,19,25,27,29-30,48,51,56-59,61-63,65,67-69,71-72H,4-15,17-18,20-24,26,28,31-47,49-50,52-55H2,1-3H3,(H,66,73)/b19-16-,27-25-,30-29-,51-48+. The summed E-state index contributed by atoms with van der Waals surface area (Å²) in [5, 5.41) is 57.0. The van der Waals surface area contributed by atoms with E-state index in [9.17, 15) is 35.1 Å². The fourth-order valence-electron chi connectivity index (χ4n) is 9.89. The zero-order chi connectivity index (χ0) is 55.4. The van der Waals surface area contributed by atoms with Crippen LogP contribution in [0.2, 0.25) is 0 Å². The lowest BCUT2D eigenvalue weighted by molar-refractivity contribution is -0.305. The second-order valence-corrected chi connectivity index (χ2v) is 22.1. The van der Waals surface area contributed by atoms with Gasteiger partial charge in [0.1, 0.15) is 24.4 Å². The first-order valence-corrected chi connectivity index (χ1v) is 31.9. The molecule has 0 aliphatic carbocycles. The monoisotopic (exact) mass is 1070 g/mol. The van der Waals surface area contributed by atoms with Crippen molar-refractivity contribution in [2.45, 2.75) is 339 Å². The van der Waals surface area contributed by atoms with Gasteiger partial charge >= 0.3 is 5.97 Å². The van der Waals surface area contributed by atoms with Crippen LogP contribution in [-0.2, 0) is 23.8 Å². The third-order valence-electron chi connectivity index (χ3n) is 15.0. The van der Waals surface area contributed by atoms with E-state index in [0.717, 1.165) is 83.5 Å². The van der Waals surface area contributed by atoms with Crippen LogP contribution in [0, 0.1) is 0 Å². The predicted octanol–water partition coefficient (Wildman–Crippen LogP) is 15.2. The number of rotatable bonds is 54. The Labute approximate surface area is 466 Å². The molecule has 11 nitrogen and oxygen atoms in total. The van der Waals surface area contributed by atoms with Crippen molar-refractivity contribution in [2.24, 2.45) is 0 Å². The van der Waals surface area contributed by atoms with Gasteiger partial charge in [-0.1, -0.05) is 268 Å². The highest BCUT2D eigenvalue weighted by molar-refractivity contribution is 5.80. The van der Waals surface area contributed by atoms with E-state index >= 15 is 0 Å². The van der Waals surface area contributed by atoms with E-state index in [1.54, 1.807) is 6.08 Å². The molecule has 1 amide bonds. The number of aliphatic hydroxyl groups excluding tert-OH is 5. The van der Waals surface area contributed by atoms with Crippen molar-refractivity contribution in [1.82, 2.24) is 5.32 Å². The Morgan fingerprint density at radius 2 is 0.908 bits per heavy atom. The highest BCUT2D eigenvalue weighted by Crippen LogP contribution is 2.26. The lowest BCUT2D eigenvalue weighted by Gasteiger charge is -2.41. The van der Waals surface area contributed by atoms with Gasteiger partial charge in [-0.15, -0.1) is 0 Å². The van der Waals surface area contributed by atoms with Crippen molar-refractivity contribution in [3.63, 3.8) is 0 Å². The number of hydrogen-bond acceptors (Lipinski definition) is 10. The van der Waals surface area contributed by atoms with Crippen molar-refractivity contribution in [3.05, 3.63) is 48.6 Å². The van der Waals surface area contributed by atoms with Crippen molar-refractivity contribution < 1.29 is 49.3 Å². The summed E-state index contributed by atoms with van der Waals surface area (Å²) in [5.74, 6) is -1.19. The molecule has 6 N–H and O–H groups in total. The summed E-state index contributed by atoms with van der Waals surface area (Å²) in [5.41, 5.74) is 0. The van der Waals surface area contributed by atoms with Crippen LogP contribution in [0.3, 0.4) is 0 Å². The van der Waals surface area contributed by atoms with Crippen LogP contribution in [0.15, 0.2) is 48.6 Å². The number of allylic oxidation sites excluding steroid dienone is 7. The van der Waals surface area contributed by atoms with E-state index in [0.29, 0.717) is 12.8 Å². The van der Waals surface area contributed by atoms with Gasteiger partial charge in [0.15, 0.2) is 12.4 Å². The van der Waals surface area contributed by atoms with Crippen LogP contribution in [0.25, 0.3) is 0 Å². The van der Waals surface area contributed by atoms with Crippen molar-refractivity contribution in [1.29, 1.82) is 0 Å². The first-order valence-electron chi connectivity index (χ1n) is 31.9. The Bertz CT molecular complexity index is 1420. The van der Waals surface area contributed by atoms with Crippen molar-refractivity contribution in [3.8, 4) is 0 Å². The third-order valence-corrected chi connectivity index (χ3v) is 15.0. The Morgan fingerprint density at radius 3 is 1.38 bits per heavy atom. The van der Waals surface area contributed by atoms with Gasteiger partial charge in [-0.3, -0.25) is 9.59 Å². The molecule has 0 aromatic heterocycles. The van der Waals surface area contributed by atoms with Crippen molar-refractivity contribution in [2.75, 3.05) is 13.2 Å². The minimum atomic E-state index is -1.61. The van der Waals surface area contributed by atoms with Gasteiger partial charge in [0.25, 0.3) is 0 Å². The van der Waals surface area contributed by atoms with Gasteiger partial charge in [-0.05, 0) is 64.2 Å². The fraction of sp³-hybridized carbons (Fsp3) is 0.846. The summed E-state index contributed by atoms with van der Waals surface area (Å²) in [7, 11) is 0. The number of esters is 1. The Kier molecular flexibility index (Phi) is 50.2. The Hall–Kier alpha value is -2.38. The van der Waals surface area contributed by atoms with Gasteiger partial charge in [0, 0.05) is 6.42 Å². The molecule has 444 valence electrons. The van der Waals surface area contributed by atoms with E-state index in [1.165, 1.54) is 161 Å². The largest absolute Gasteiger partial charge is 0.454 e. The molecule has 1 fully saturated rings. The lowest BCUT2D eigenvalue weighted by Crippen LogP contribution is -2.61. The number of ether oxygens (including phenoxy) is 3. The number of unbranched alkanes of at least 4 members (excludes halogenated alkanes) is 34. The van der Waals surface area contributed by atoms with Crippen LogP contribution >= 0.6 is 0 Å². The van der Waals surface area contributed by atoms with E-state index in [4.69, 9.17) is 14.2 Å². The van der Waals surface area contributed by atoms with Gasteiger partial charge in [0.2, 0.25) is 5.91 Å². The summed E-state index contributed by atoms with van der Waals surface area (Å²) < 4.78 is 17.6. The highest BCUT2D eigenvalue weighted by Gasteiger charge is 2.47. The molecular formula is C65H119NO10. The molecule has 1 rings (SSSR count). The topological polar surface area (TPSA) is 175 Å². The smallest absolute Gasteiger partial charge is 0.306 e. The number of nitrogens with one attached hydrogen (secondary N) is 1. The summed E-state index contributed by atoms with van der Waals surface area (Å²) in [6, 6.07) is -1.03. The van der Waals surface area contributed by atoms with Crippen LogP contribution in [0.5, 0.6) is 0 Å². The fourth-order valence-corrected chi connectivity index (χ4v) is 9.89. The number of hydrogen-bond donors (Lipinski definition) is 6. The molecule has 0 radical (unpaired) electrons. The lowest BCUT2D eigenvalue weighted by atomic mass is 9.99. The van der Waals surface area contributed by atoms with Crippen molar-refractivity contribution >= 4 is 11.9 Å². The summed E-state index contributed by atoms with van der Waals surface area (Å²) in [6.45, 7) is 5.78. The molecule has 0 aromatic rings. The van der Waals surface area contributed by atoms with E-state index < -0.39 is 67.4 Å². The van der Waals surface area contributed by atoms with Gasteiger partial charge in [-0.2, -0.15) is 0 Å². The molecule has 0 saturated carbocycles. The first kappa shape index (κ1) is 71.6. The number of aliphatic hydroxyl groups is 5. The number of amides is 1. The van der Waals surface area contributed by atoms with Gasteiger partial charge in [0.05, 0.1) is 25.4 Å². The molecule has 1 aliphatic heterocycles. The molecular weight excluding hydrogens is 955 g/mol. The predicted molar refractivity (Wildman–Crippen MR) is 315 cm³/mol. The quantitative estimate of drug-likeness (QED) is 0.0195. The minimum absolute atomic E-state index is 0.126. The zero-order valence-electron chi connectivity index (χ0n) is 49.1. The minimum Gasteiger partial charge on any atom is -0.454 e. The van der Waals surface area contributed by atoms with Crippen LogP contribution < -0.4 is 5.32 Å². The SMILES string of the molecule is CCCCC/C=C\C/C=C\C/C=C\CCCCCCCCCC(O)C(=O)NC(COC1OC(CO)C(O)C(O)C1OC(=O)CCCCCCCCCCCCCCCC)C(O)/C=C/CCCCCCCCCCCCC. The van der Waals surface area contributed by atoms with E-state index in [1.807, 2.05) is 6.08 Å². The molecule has 1 heterocycles. The molecule has 11 heteroatoms. The van der Waals surface area contributed by atoms with E-state index in [-0.39, 0.29) is 19.4 Å². The second-order valence-electron chi connectivity index (χ2n) is 22.1. The number of carbonyl (C=O) groups is 2. The molecule has 76 heavy (non-hydrogen) atoms. The summed E-state index contributed by atoms with van der Waals surface area (Å²) >= 11 is 0. The van der Waals surface area contributed by atoms with Crippen LogP contribution in [0.4, 0.5) is 0 Å². The summed E-state index contributed by atoms with van der Waals surface area (Å²) in [6.07, 6.45) is 54.3. The first-order chi connectivity index (χ1) is 37.2. The average molecular weight is 1070 g/mol. The molecule has 0 spiro atoms. The Morgan fingerprint density at radius 1 is 0.513 bits per heavy atom. The summed E-state index contributed by atoms with van der Waals surface area (Å²) in [4.78, 5) is 26.5. The number of carbonyl (C=O) groups excluding carboxylic acids is 2. The van der Waals surface area contributed by atoms with Crippen LogP contribution in [0.1, 0.15) is 290 Å². The molecule has 8 atom stereocenters. The molecule has 8 unspecified atom stereocenters. The zero-order valence-corrected chi connectivity index (χ0v) is 49.1. The molecule has 1 saturated heterocycles. The van der Waals surface area contributed by atoms with E-state index in [2.05, 4.69) is 62.5 Å². The molecule has 0 aromatic carbocycles. The van der Waals surface area contributed by atoms with Gasteiger partial charge < -0.3 is 45.1 Å². The normalized spacial score (nSPS) is 19.4. The maximum Gasteiger partial charge on any atom is 0.306 e. The maximum atomic E-state index is 13.4. The maximum absolute atomic E-state index is 13.4. The molecule has 1 aliphatic rings. The van der Waals surface area contributed by atoms with Crippen LogP contribution in [-0.4, -0.2) is 99.6 Å². The second kappa shape index (κ2) is 53.3. The third kappa shape index (κ3) is 40.8.